The summed E-state index contributed by atoms with van der Waals surface area (Å²) in [5.74, 6) is -0.831. The van der Waals surface area contributed by atoms with Gasteiger partial charge in [0.2, 0.25) is 0 Å². The molecule has 3 rings (SSSR count). The molecule has 1 aromatic rings. The average molecular weight is 297 g/mol. The molecule has 1 N–H and O–H groups in total. The highest BCUT2D eigenvalue weighted by Crippen LogP contribution is 2.29. The van der Waals surface area contributed by atoms with Crippen LogP contribution >= 0.6 is 11.6 Å². The lowest BCUT2D eigenvalue weighted by Gasteiger charge is -2.32. The Labute approximate surface area is 123 Å². The second-order valence-electron chi connectivity index (χ2n) is 5.62. The van der Waals surface area contributed by atoms with E-state index in [0.717, 1.165) is 32.0 Å². The van der Waals surface area contributed by atoms with Gasteiger partial charge in [0, 0.05) is 25.2 Å². The second kappa shape index (κ2) is 5.70. The Hall–Kier alpha value is -1.13. The van der Waals surface area contributed by atoms with E-state index in [1.807, 2.05) is 0 Å². The van der Waals surface area contributed by atoms with Crippen LogP contribution in [0.1, 0.15) is 36.0 Å². The number of amides is 1. The van der Waals surface area contributed by atoms with Crippen LogP contribution in [0.4, 0.5) is 4.39 Å². The summed E-state index contributed by atoms with van der Waals surface area (Å²) < 4.78 is 13.3. The number of nitrogens with zero attached hydrogens (tertiary/aromatic N) is 1. The number of piperidine rings is 1. The van der Waals surface area contributed by atoms with Crippen molar-refractivity contribution < 1.29 is 9.18 Å². The van der Waals surface area contributed by atoms with Crippen LogP contribution in [0.15, 0.2) is 18.2 Å². The third-order valence-electron chi connectivity index (χ3n) is 4.12. The molecule has 0 unspecified atom stereocenters. The van der Waals surface area contributed by atoms with E-state index in [4.69, 9.17) is 11.6 Å². The van der Waals surface area contributed by atoms with Crippen LogP contribution in [-0.4, -0.2) is 36.0 Å². The van der Waals surface area contributed by atoms with E-state index in [0.29, 0.717) is 0 Å². The number of nitrogens with one attached hydrogen (secondary N) is 1. The van der Waals surface area contributed by atoms with Crippen LogP contribution in [0.5, 0.6) is 0 Å². The van der Waals surface area contributed by atoms with Crippen LogP contribution < -0.4 is 5.32 Å². The molecule has 0 bridgehead atoms. The molecule has 1 aliphatic carbocycles. The van der Waals surface area contributed by atoms with Gasteiger partial charge < -0.3 is 10.2 Å². The molecule has 1 saturated carbocycles. The van der Waals surface area contributed by atoms with E-state index in [1.165, 1.54) is 25.0 Å². The molecule has 2 fully saturated rings. The summed E-state index contributed by atoms with van der Waals surface area (Å²) in [6.45, 7) is 2.07. The van der Waals surface area contributed by atoms with Gasteiger partial charge in [0.1, 0.15) is 5.82 Å². The number of hydrogen-bond donors (Lipinski definition) is 1. The highest BCUT2D eigenvalue weighted by Gasteiger charge is 2.32. The fraction of sp³-hybridized carbons (Fsp3) is 0.533. The highest BCUT2D eigenvalue weighted by molar-refractivity contribution is 6.34. The van der Waals surface area contributed by atoms with Gasteiger partial charge in [-0.05, 0) is 37.8 Å². The molecule has 0 atom stereocenters. The lowest BCUT2D eigenvalue weighted by molar-refractivity contribution is 0.0909. The molecule has 0 radical (unpaired) electrons. The molecule has 1 heterocycles. The Morgan fingerprint density at radius 3 is 2.60 bits per heavy atom. The second-order valence-corrected chi connectivity index (χ2v) is 5.99. The van der Waals surface area contributed by atoms with Crippen molar-refractivity contribution in [3.8, 4) is 0 Å². The first-order valence-electron chi connectivity index (χ1n) is 7.14. The van der Waals surface area contributed by atoms with Gasteiger partial charge in [0.05, 0.1) is 10.6 Å². The number of carbonyl (C=O) groups excluding carboxylic acids is 1. The zero-order chi connectivity index (χ0) is 14.1. The van der Waals surface area contributed by atoms with Crippen molar-refractivity contribution in [2.45, 2.75) is 37.8 Å². The van der Waals surface area contributed by atoms with E-state index >= 15 is 0 Å². The largest absolute Gasteiger partial charge is 0.349 e. The Morgan fingerprint density at radius 1 is 1.25 bits per heavy atom. The van der Waals surface area contributed by atoms with Gasteiger partial charge in [-0.15, -0.1) is 0 Å². The van der Waals surface area contributed by atoms with Crippen molar-refractivity contribution in [3.63, 3.8) is 0 Å². The van der Waals surface area contributed by atoms with Gasteiger partial charge in [0.15, 0.2) is 0 Å². The van der Waals surface area contributed by atoms with Crippen molar-refractivity contribution in [3.05, 3.63) is 34.6 Å². The van der Waals surface area contributed by atoms with E-state index in [2.05, 4.69) is 10.2 Å². The maximum Gasteiger partial charge on any atom is 0.253 e. The summed E-state index contributed by atoms with van der Waals surface area (Å²) in [4.78, 5) is 14.6. The van der Waals surface area contributed by atoms with E-state index < -0.39 is 5.82 Å². The minimum Gasteiger partial charge on any atom is -0.349 e. The maximum absolute atomic E-state index is 13.3. The lowest BCUT2D eigenvalue weighted by Crippen LogP contribution is -2.45. The molecule has 0 spiro atoms. The zero-order valence-electron chi connectivity index (χ0n) is 11.2. The van der Waals surface area contributed by atoms with Crippen LogP contribution in [0.25, 0.3) is 0 Å². The monoisotopic (exact) mass is 296 g/mol. The van der Waals surface area contributed by atoms with Gasteiger partial charge in [-0.25, -0.2) is 4.39 Å². The van der Waals surface area contributed by atoms with Crippen LogP contribution in [0, 0.1) is 5.82 Å². The van der Waals surface area contributed by atoms with Crippen LogP contribution in [-0.2, 0) is 0 Å². The minimum absolute atomic E-state index is 0.0968. The first-order chi connectivity index (χ1) is 9.65. The van der Waals surface area contributed by atoms with Crippen molar-refractivity contribution >= 4 is 17.5 Å². The normalized spacial score (nSPS) is 20.9. The van der Waals surface area contributed by atoms with Crippen LogP contribution in [0.2, 0.25) is 5.02 Å². The summed E-state index contributed by atoms with van der Waals surface area (Å²) in [5.41, 5.74) is 0.219. The highest BCUT2D eigenvalue weighted by atomic mass is 35.5. The average Bonchev–Trinajstić information content (AvgIpc) is 3.27. The Kier molecular flexibility index (Phi) is 3.94. The molecule has 2 aliphatic rings. The predicted octanol–water partition coefficient (Wildman–Crippen LogP) is 2.84. The molecule has 108 valence electrons. The zero-order valence-corrected chi connectivity index (χ0v) is 12.0. The fourth-order valence-corrected chi connectivity index (χ4v) is 3.00. The smallest absolute Gasteiger partial charge is 0.253 e. The van der Waals surface area contributed by atoms with Gasteiger partial charge in [-0.3, -0.25) is 4.79 Å². The minimum atomic E-state index is -0.553. The molecule has 1 saturated heterocycles. The quantitative estimate of drug-likeness (QED) is 0.930. The molecule has 3 nitrogen and oxygen atoms in total. The summed E-state index contributed by atoms with van der Waals surface area (Å²) in [6.07, 6.45) is 4.54. The van der Waals surface area contributed by atoms with Gasteiger partial charge >= 0.3 is 0 Å². The Bertz CT molecular complexity index is 511. The summed E-state index contributed by atoms with van der Waals surface area (Å²) in [5, 5.41) is 2.87. The number of rotatable bonds is 3. The molecule has 5 heteroatoms. The summed E-state index contributed by atoms with van der Waals surface area (Å²) in [7, 11) is 0. The maximum atomic E-state index is 13.3. The number of carbonyl (C=O) groups is 1. The summed E-state index contributed by atoms with van der Waals surface area (Å²) >= 11 is 5.83. The first-order valence-corrected chi connectivity index (χ1v) is 7.52. The van der Waals surface area contributed by atoms with Crippen molar-refractivity contribution in [1.29, 1.82) is 0 Å². The summed E-state index contributed by atoms with van der Waals surface area (Å²) in [6, 6.07) is 5.26. The van der Waals surface area contributed by atoms with Gasteiger partial charge in [0.25, 0.3) is 5.91 Å². The van der Waals surface area contributed by atoms with E-state index in [9.17, 15) is 9.18 Å². The van der Waals surface area contributed by atoms with Crippen molar-refractivity contribution in [1.82, 2.24) is 10.2 Å². The lowest BCUT2D eigenvalue weighted by atomic mass is 10.0. The third kappa shape index (κ3) is 2.96. The SMILES string of the molecule is O=C(NC1CCN(C2CC2)CC1)c1cccc(F)c1Cl. The van der Waals surface area contributed by atoms with Crippen molar-refractivity contribution in [2.24, 2.45) is 0 Å². The van der Waals surface area contributed by atoms with E-state index in [-0.39, 0.29) is 22.5 Å². The van der Waals surface area contributed by atoms with Gasteiger partial charge in [-0.1, -0.05) is 17.7 Å². The molecular formula is C15H18ClFN2O. The van der Waals surface area contributed by atoms with Crippen molar-refractivity contribution in [2.75, 3.05) is 13.1 Å². The number of likely N-dealkylation sites (tertiary alicyclic amines) is 1. The van der Waals surface area contributed by atoms with Gasteiger partial charge in [-0.2, -0.15) is 0 Å². The fourth-order valence-electron chi connectivity index (χ4n) is 2.79. The number of halogens is 2. The molecule has 0 aromatic heterocycles. The number of benzene rings is 1. The first kappa shape index (κ1) is 13.8. The van der Waals surface area contributed by atoms with Crippen LogP contribution in [0.3, 0.4) is 0 Å². The molecule has 1 aliphatic heterocycles. The Balaban J connectivity index is 1.57. The molecule has 20 heavy (non-hydrogen) atoms. The third-order valence-corrected chi connectivity index (χ3v) is 4.51. The molecule has 1 amide bonds. The Morgan fingerprint density at radius 2 is 1.95 bits per heavy atom. The topological polar surface area (TPSA) is 32.3 Å². The standard InChI is InChI=1S/C15H18ClFN2O/c16-14-12(2-1-3-13(14)17)15(20)18-10-6-8-19(9-7-10)11-4-5-11/h1-3,10-11H,4-9H2,(H,18,20). The predicted molar refractivity (Wildman–Crippen MR) is 76.5 cm³/mol. The number of hydrogen-bond acceptors (Lipinski definition) is 2. The van der Waals surface area contributed by atoms with E-state index in [1.54, 1.807) is 6.07 Å². The molecule has 1 aromatic carbocycles. The molecular weight excluding hydrogens is 279 g/mol.